The second-order valence-corrected chi connectivity index (χ2v) is 9.77. The summed E-state index contributed by atoms with van der Waals surface area (Å²) in [6.07, 6.45) is 7.47. The molecule has 2 fully saturated rings. The fraction of sp³-hybridized carbons (Fsp3) is 0.357. The average molecular weight is 490 g/mol. The molecule has 2 aromatic rings. The van der Waals surface area contributed by atoms with Crippen LogP contribution in [0.3, 0.4) is 0 Å². The lowest BCUT2D eigenvalue weighted by atomic mass is 9.81. The Morgan fingerprint density at radius 2 is 1.92 bits per heavy atom. The molecule has 3 aliphatic rings. The molecule has 0 spiro atoms. The lowest BCUT2D eigenvalue weighted by Gasteiger charge is -2.30. The van der Waals surface area contributed by atoms with Gasteiger partial charge in [0.05, 0.1) is 18.2 Å². The molecule has 0 radical (unpaired) electrons. The third-order valence-corrected chi connectivity index (χ3v) is 7.39. The van der Waals surface area contributed by atoms with Gasteiger partial charge in [-0.3, -0.25) is 9.59 Å². The molecule has 1 saturated heterocycles. The van der Waals surface area contributed by atoms with Crippen LogP contribution in [0.2, 0.25) is 0 Å². The van der Waals surface area contributed by atoms with Crippen molar-refractivity contribution in [2.45, 2.75) is 37.3 Å². The highest BCUT2D eigenvalue weighted by molar-refractivity contribution is 5.90. The third-order valence-electron chi connectivity index (χ3n) is 7.39. The van der Waals surface area contributed by atoms with Crippen molar-refractivity contribution in [1.29, 1.82) is 0 Å². The molecule has 36 heavy (non-hydrogen) atoms. The van der Waals surface area contributed by atoms with Crippen LogP contribution in [0, 0.1) is 17.7 Å². The Hall–Kier alpha value is -3.65. The van der Waals surface area contributed by atoms with Gasteiger partial charge in [-0.15, -0.1) is 0 Å². The number of nitrogens with two attached hydrogens (primary N) is 1. The maximum absolute atomic E-state index is 15.0. The van der Waals surface area contributed by atoms with Gasteiger partial charge in [-0.1, -0.05) is 54.6 Å². The first kappa shape index (κ1) is 24.1. The standard InChI is InChI=1S/C28H32FN5O2/c1-31-33-21(15-30)14-25(35)34-16-20-10-12-23(20)27(34)28(36)32-26(18-5-3-2-4-6-18)19-9-11-22(17-7-8-17)24(29)13-19/h2-6,9-13,15,17,20,23,26-27,31,33H,7-8,14,16,30H2,1H3,(H,32,36)/b21-15-/t20-,23-,26-,27-/m0/s1. The highest BCUT2D eigenvalue weighted by Gasteiger charge is 2.49. The lowest BCUT2D eigenvalue weighted by Crippen LogP contribution is -2.50. The normalized spacial score (nSPS) is 23.6. The van der Waals surface area contributed by atoms with Gasteiger partial charge in [0.1, 0.15) is 11.9 Å². The van der Waals surface area contributed by atoms with E-state index in [0.29, 0.717) is 23.7 Å². The number of benzene rings is 2. The summed E-state index contributed by atoms with van der Waals surface area (Å²) in [5.74, 6) is -0.251. The maximum Gasteiger partial charge on any atom is 0.244 e. The fourth-order valence-corrected chi connectivity index (χ4v) is 5.29. The number of rotatable bonds is 9. The van der Waals surface area contributed by atoms with Crippen LogP contribution >= 0.6 is 0 Å². The quantitative estimate of drug-likeness (QED) is 0.321. The summed E-state index contributed by atoms with van der Waals surface area (Å²) in [4.78, 5) is 28.6. The molecule has 0 aromatic heterocycles. The molecule has 2 aromatic carbocycles. The van der Waals surface area contributed by atoms with E-state index in [1.165, 1.54) is 12.3 Å². The van der Waals surface area contributed by atoms with Gasteiger partial charge in [0.2, 0.25) is 11.8 Å². The molecule has 0 bridgehead atoms. The van der Waals surface area contributed by atoms with E-state index in [-0.39, 0.29) is 35.9 Å². The minimum Gasteiger partial charge on any atom is -0.403 e. The molecule has 1 saturated carbocycles. The second-order valence-electron chi connectivity index (χ2n) is 9.77. The van der Waals surface area contributed by atoms with Crippen molar-refractivity contribution in [2.75, 3.05) is 13.6 Å². The fourth-order valence-electron chi connectivity index (χ4n) is 5.29. The molecule has 5 N–H and O–H groups in total. The number of hydrogen-bond donors (Lipinski definition) is 4. The van der Waals surface area contributed by atoms with E-state index in [0.717, 1.165) is 24.0 Å². The van der Waals surface area contributed by atoms with Crippen LogP contribution in [0.5, 0.6) is 0 Å². The van der Waals surface area contributed by atoms with Gasteiger partial charge in [0, 0.05) is 31.6 Å². The van der Waals surface area contributed by atoms with Crippen molar-refractivity contribution >= 4 is 11.8 Å². The van der Waals surface area contributed by atoms with Crippen molar-refractivity contribution in [3.05, 3.63) is 95.1 Å². The highest BCUT2D eigenvalue weighted by Crippen LogP contribution is 2.42. The van der Waals surface area contributed by atoms with Crippen molar-refractivity contribution in [2.24, 2.45) is 17.6 Å². The van der Waals surface area contributed by atoms with Crippen molar-refractivity contribution in [3.63, 3.8) is 0 Å². The first-order valence-corrected chi connectivity index (χ1v) is 12.5. The zero-order chi connectivity index (χ0) is 25.2. The van der Waals surface area contributed by atoms with E-state index in [9.17, 15) is 14.0 Å². The Balaban J connectivity index is 1.40. The molecule has 1 heterocycles. The van der Waals surface area contributed by atoms with Crippen LogP contribution in [-0.2, 0) is 9.59 Å². The van der Waals surface area contributed by atoms with E-state index in [4.69, 9.17) is 5.73 Å². The minimum absolute atomic E-state index is 0.0399. The average Bonchev–Trinajstić information content (AvgIpc) is 3.67. The van der Waals surface area contributed by atoms with Gasteiger partial charge in [-0.05, 0) is 41.5 Å². The lowest BCUT2D eigenvalue weighted by molar-refractivity contribution is -0.138. The van der Waals surface area contributed by atoms with Gasteiger partial charge in [0.25, 0.3) is 0 Å². The molecule has 2 aliphatic carbocycles. The van der Waals surface area contributed by atoms with Crippen LogP contribution < -0.4 is 21.9 Å². The van der Waals surface area contributed by atoms with Crippen LogP contribution in [-0.4, -0.2) is 36.3 Å². The molecule has 2 amide bonds. The number of nitrogens with zero attached hydrogens (tertiary/aromatic N) is 1. The van der Waals surface area contributed by atoms with Gasteiger partial charge >= 0.3 is 0 Å². The van der Waals surface area contributed by atoms with Gasteiger partial charge < -0.3 is 21.4 Å². The summed E-state index contributed by atoms with van der Waals surface area (Å²) in [5, 5.41) is 3.14. The SMILES string of the molecule is CNN/C(=C\N)CC(=O)N1C[C@@H]2C=C[C@@H]2[C@H]1C(=O)N[C@@H](c1ccccc1)c1ccc(C2CC2)c(F)c1. The second kappa shape index (κ2) is 10.1. The van der Waals surface area contributed by atoms with Crippen molar-refractivity contribution < 1.29 is 14.0 Å². The Morgan fingerprint density at radius 1 is 1.14 bits per heavy atom. The van der Waals surface area contributed by atoms with Gasteiger partial charge in [0.15, 0.2) is 0 Å². The first-order valence-electron chi connectivity index (χ1n) is 12.5. The summed E-state index contributed by atoms with van der Waals surface area (Å²) in [6.45, 7) is 0.482. The number of hydrazine groups is 1. The van der Waals surface area contributed by atoms with Crippen LogP contribution in [0.15, 0.2) is 72.6 Å². The number of likely N-dealkylation sites (tertiary alicyclic amines) is 1. The third kappa shape index (κ3) is 4.73. The molecule has 1 aliphatic heterocycles. The molecular formula is C28H32FN5O2. The Bertz CT molecular complexity index is 1190. The summed E-state index contributed by atoms with van der Waals surface area (Å²) in [7, 11) is 1.69. The Morgan fingerprint density at radius 3 is 2.53 bits per heavy atom. The Labute approximate surface area is 210 Å². The van der Waals surface area contributed by atoms with E-state index in [2.05, 4.69) is 16.2 Å². The van der Waals surface area contributed by atoms with Gasteiger partial charge in [-0.25, -0.2) is 9.82 Å². The molecular weight excluding hydrogens is 457 g/mol. The molecule has 188 valence electrons. The number of nitrogens with one attached hydrogen (secondary N) is 3. The van der Waals surface area contributed by atoms with Crippen LogP contribution in [0.25, 0.3) is 0 Å². The van der Waals surface area contributed by atoms with Crippen LogP contribution in [0.4, 0.5) is 4.39 Å². The number of carbonyl (C=O) groups excluding carboxylic acids is 2. The van der Waals surface area contributed by atoms with Gasteiger partial charge in [-0.2, -0.15) is 0 Å². The number of hydrogen-bond acceptors (Lipinski definition) is 5. The number of carbonyl (C=O) groups is 2. The predicted molar refractivity (Wildman–Crippen MR) is 136 cm³/mol. The number of amides is 2. The van der Waals surface area contributed by atoms with E-state index in [1.54, 1.807) is 11.9 Å². The molecule has 0 unspecified atom stereocenters. The van der Waals surface area contributed by atoms with E-state index in [1.807, 2.05) is 54.6 Å². The molecule has 4 atom stereocenters. The number of halogens is 1. The summed E-state index contributed by atoms with van der Waals surface area (Å²) in [5.41, 5.74) is 14.1. The highest BCUT2D eigenvalue weighted by atomic mass is 19.1. The summed E-state index contributed by atoms with van der Waals surface area (Å²) >= 11 is 0. The monoisotopic (exact) mass is 489 g/mol. The van der Waals surface area contributed by atoms with E-state index < -0.39 is 12.1 Å². The Kier molecular flexibility index (Phi) is 6.78. The van der Waals surface area contributed by atoms with Crippen molar-refractivity contribution in [1.82, 2.24) is 21.1 Å². The number of fused-ring (bicyclic) bond motifs is 1. The largest absolute Gasteiger partial charge is 0.403 e. The maximum atomic E-state index is 15.0. The summed E-state index contributed by atoms with van der Waals surface area (Å²) < 4.78 is 15.0. The smallest absolute Gasteiger partial charge is 0.244 e. The molecule has 7 nitrogen and oxygen atoms in total. The molecule has 8 heteroatoms. The topological polar surface area (TPSA) is 99.5 Å². The first-order chi connectivity index (χ1) is 17.5. The summed E-state index contributed by atoms with van der Waals surface area (Å²) in [6, 6.07) is 13.7. The van der Waals surface area contributed by atoms with Crippen LogP contribution in [0.1, 0.15) is 47.9 Å². The minimum atomic E-state index is -0.636. The molecule has 5 rings (SSSR count). The zero-order valence-corrected chi connectivity index (χ0v) is 20.3. The zero-order valence-electron chi connectivity index (χ0n) is 20.3. The predicted octanol–water partition coefficient (Wildman–Crippen LogP) is 2.84. The van der Waals surface area contributed by atoms with E-state index >= 15 is 0 Å². The van der Waals surface area contributed by atoms with Crippen molar-refractivity contribution in [3.8, 4) is 0 Å².